The first-order valence-corrected chi connectivity index (χ1v) is 8.25. The molecule has 1 unspecified atom stereocenters. The summed E-state index contributed by atoms with van der Waals surface area (Å²) in [5.74, 6) is 0.602. The molecule has 0 fully saturated rings. The molecular formula is C16H13ClF3N7O. The molecule has 0 aliphatic carbocycles. The van der Waals surface area contributed by atoms with Gasteiger partial charge in [-0.15, -0.1) is 0 Å². The van der Waals surface area contributed by atoms with E-state index in [1.165, 1.54) is 29.5 Å². The number of carbonyl (C=O) groups excluding carboxylic acids is 1. The van der Waals surface area contributed by atoms with E-state index in [2.05, 4.69) is 30.7 Å². The molecule has 0 bridgehead atoms. The van der Waals surface area contributed by atoms with E-state index in [9.17, 15) is 18.0 Å². The molecule has 0 saturated heterocycles. The number of amides is 2. The Bertz CT molecular complexity index is 978. The van der Waals surface area contributed by atoms with Crippen molar-refractivity contribution in [2.45, 2.75) is 19.1 Å². The maximum atomic E-state index is 12.9. The Balaban J connectivity index is 1.72. The number of anilines is 1. The van der Waals surface area contributed by atoms with Gasteiger partial charge in [0.2, 0.25) is 0 Å². The number of aromatic nitrogens is 5. The van der Waals surface area contributed by atoms with Crippen LogP contribution in [0.4, 0.5) is 23.7 Å². The van der Waals surface area contributed by atoms with E-state index < -0.39 is 28.8 Å². The molecular weight excluding hydrogens is 399 g/mol. The number of hydrogen-bond acceptors (Lipinski definition) is 5. The lowest BCUT2D eigenvalue weighted by molar-refractivity contribution is -0.137. The van der Waals surface area contributed by atoms with Crippen LogP contribution >= 0.6 is 11.6 Å². The highest BCUT2D eigenvalue weighted by molar-refractivity contribution is 6.31. The van der Waals surface area contributed by atoms with Gasteiger partial charge in [0, 0.05) is 18.1 Å². The van der Waals surface area contributed by atoms with Gasteiger partial charge >= 0.3 is 12.2 Å². The van der Waals surface area contributed by atoms with Gasteiger partial charge in [-0.25, -0.2) is 19.7 Å². The predicted molar refractivity (Wildman–Crippen MR) is 94.0 cm³/mol. The van der Waals surface area contributed by atoms with Crippen LogP contribution in [0.2, 0.25) is 5.02 Å². The van der Waals surface area contributed by atoms with Crippen molar-refractivity contribution in [2.24, 2.45) is 0 Å². The van der Waals surface area contributed by atoms with E-state index in [4.69, 9.17) is 11.6 Å². The van der Waals surface area contributed by atoms with Gasteiger partial charge in [-0.3, -0.25) is 0 Å². The Morgan fingerprint density at radius 3 is 2.61 bits per heavy atom. The van der Waals surface area contributed by atoms with Crippen LogP contribution in [0.15, 0.2) is 43.0 Å². The maximum Gasteiger partial charge on any atom is 0.417 e. The fraction of sp³-hybridized carbons (Fsp3) is 0.188. The highest BCUT2D eigenvalue weighted by Crippen LogP contribution is 2.36. The lowest BCUT2D eigenvalue weighted by atomic mass is 10.2. The summed E-state index contributed by atoms with van der Waals surface area (Å²) in [6, 6.07) is 3.35. The van der Waals surface area contributed by atoms with E-state index >= 15 is 0 Å². The van der Waals surface area contributed by atoms with E-state index in [0.717, 1.165) is 12.1 Å². The van der Waals surface area contributed by atoms with Gasteiger partial charge in [-0.05, 0) is 31.2 Å². The molecule has 146 valence electrons. The number of nitrogens with one attached hydrogen (secondary N) is 2. The second kappa shape index (κ2) is 7.80. The lowest BCUT2D eigenvalue weighted by Gasteiger charge is -2.15. The molecule has 8 nitrogen and oxygen atoms in total. The van der Waals surface area contributed by atoms with Gasteiger partial charge in [0.15, 0.2) is 5.82 Å². The normalized spacial score (nSPS) is 12.5. The van der Waals surface area contributed by atoms with Crippen LogP contribution in [-0.2, 0) is 6.18 Å². The molecule has 1 atom stereocenters. The van der Waals surface area contributed by atoms with Crippen molar-refractivity contribution >= 4 is 23.3 Å². The molecule has 3 aromatic rings. The molecule has 0 saturated carbocycles. The van der Waals surface area contributed by atoms with Crippen molar-refractivity contribution in [3.05, 3.63) is 59.4 Å². The minimum Gasteiger partial charge on any atom is -0.328 e. The summed E-state index contributed by atoms with van der Waals surface area (Å²) in [5.41, 5.74) is -1.10. The molecule has 0 aliphatic rings. The standard InChI is InChI=1S/C16H13ClF3N7O/c1-9(13-23-8-24-27(13)14-21-5-2-6-22-14)25-15(28)26-10-3-4-12(17)11(7-10)16(18,19)20/h2-9H,1H3,(H2,25,26,28). The largest absolute Gasteiger partial charge is 0.417 e. The SMILES string of the molecule is CC(NC(=O)Nc1ccc(Cl)c(C(F)(F)F)c1)c1ncnn1-c1ncccn1. The summed E-state index contributed by atoms with van der Waals surface area (Å²) in [4.78, 5) is 24.4. The molecule has 0 radical (unpaired) electrons. The Morgan fingerprint density at radius 2 is 1.93 bits per heavy atom. The van der Waals surface area contributed by atoms with Crippen molar-refractivity contribution in [1.29, 1.82) is 0 Å². The summed E-state index contributed by atoms with van der Waals surface area (Å²) < 4.78 is 40.1. The molecule has 2 amide bonds. The quantitative estimate of drug-likeness (QED) is 0.683. The Morgan fingerprint density at radius 1 is 1.21 bits per heavy atom. The first-order valence-electron chi connectivity index (χ1n) is 7.87. The Kier molecular flexibility index (Phi) is 5.45. The topological polar surface area (TPSA) is 97.6 Å². The van der Waals surface area contributed by atoms with Crippen molar-refractivity contribution in [3.63, 3.8) is 0 Å². The second-order valence-electron chi connectivity index (χ2n) is 5.59. The fourth-order valence-electron chi connectivity index (χ4n) is 2.35. The summed E-state index contributed by atoms with van der Waals surface area (Å²) in [6.07, 6.45) is -0.310. The summed E-state index contributed by atoms with van der Waals surface area (Å²) >= 11 is 5.57. The van der Waals surface area contributed by atoms with Crippen LogP contribution in [0, 0.1) is 0 Å². The van der Waals surface area contributed by atoms with Crippen LogP contribution in [0.1, 0.15) is 24.4 Å². The number of hydrogen-bond donors (Lipinski definition) is 2. The van der Waals surface area contributed by atoms with E-state index in [1.807, 2.05) is 0 Å². The van der Waals surface area contributed by atoms with Gasteiger partial charge in [0.05, 0.1) is 16.6 Å². The van der Waals surface area contributed by atoms with Gasteiger partial charge in [-0.2, -0.15) is 23.0 Å². The van der Waals surface area contributed by atoms with Crippen molar-refractivity contribution in [1.82, 2.24) is 30.0 Å². The molecule has 0 spiro atoms. The van der Waals surface area contributed by atoms with Gasteiger partial charge in [0.25, 0.3) is 5.95 Å². The van der Waals surface area contributed by atoms with Crippen LogP contribution in [0.5, 0.6) is 0 Å². The van der Waals surface area contributed by atoms with E-state index in [1.54, 1.807) is 13.0 Å². The molecule has 28 heavy (non-hydrogen) atoms. The molecule has 2 heterocycles. The van der Waals surface area contributed by atoms with Gasteiger partial charge in [-0.1, -0.05) is 11.6 Å². The predicted octanol–water partition coefficient (Wildman–Crippen LogP) is 3.61. The third-order valence-corrected chi connectivity index (χ3v) is 3.91. The smallest absolute Gasteiger partial charge is 0.328 e. The van der Waals surface area contributed by atoms with E-state index in [0.29, 0.717) is 5.82 Å². The number of carbonyl (C=O) groups is 1. The van der Waals surface area contributed by atoms with Crippen LogP contribution in [-0.4, -0.2) is 30.8 Å². The fourth-order valence-corrected chi connectivity index (χ4v) is 2.57. The number of alkyl halides is 3. The monoisotopic (exact) mass is 411 g/mol. The number of rotatable bonds is 4. The first-order chi connectivity index (χ1) is 13.3. The number of halogens is 4. The second-order valence-corrected chi connectivity index (χ2v) is 6.00. The molecule has 12 heteroatoms. The van der Waals surface area contributed by atoms with E-state index in [-0.39, 0.29) is 11.6 Å². The Hall–Kier alpha value is -3.21. The Labute approximate surface area is 161 Å². The minimum absolute atomic E-state index is 0.0608. The summed E-state index contributed by atoms with van der Waals surface area (Å²) in [5, 5.41) is 8.47. The van der Waals surface area contributed by atoms with Crippen LogP contribution < -0.4 is 10.6 Å². The lowest BCUT2D eigenvalue weighted by Crippen LogP contribution is -2.32. The van der Waals surface area contributed by atoms with Gasteiger partial charge in [0.1, 0.15) is 6.33 Å². The average Bonchev–Trinajstić information content (AvgIpc) is 3.13. The summed E-state index contributed by atoms with van der Waals surface area (Å²) in [6.45, 7) is 1.63. The highest BCUT2D eigenvalue weighted by Gasteiger charge is 2.33. The number of benzene rings is 1. The maximum absolute atomic E-state index is 12.9. The van der Waals surface area contributed by atoms with Crippen molar-refractivity contribution < 1.29 is 18.0 Å². The molecule has 3 rings (SSSR count). The van der Waals surface area contributed by atoms with Gasteiger partial charge < -0.3 is 10.6 Å². The minimum atomic E-state index is -4.63. The number of nitrogens with zero attached hydrogens (tertiary/aromatic N) is 5. The highest BCUT2D eigenvalue weighted by atomic mass is 35.5. The molecule has 2 N–H and O–H groups in total. The first kappa shape index (κ1) is 19.5. The zero-order chi connectivity index (χ0) is 20.3. The third-order valence-electron chi connectivity index (χ3n) is 3.58. The molecule has 1 aromatic carbocycles. The molecule has 0 aliphatic heterocycles. The van der Waals surface area contributed by atoms with Crippen molar-refractivity contribution in [2.75, 3.05) is 5.32 Å². The number of urea groups is 1. The van der Waals surface area contributed by atoms with Crippen molar-refractivity contribution in [3.8, 4) is 5.95 Å². The molecule has 2 aromatic heterocycles. The van der Waals surface area contributed by atoms with Crippen LogP contribution in [0.25, 0.3) is 5.95 Å². The zero-order valence-corrected chi connectivity index (χ0v) is 15.0. The average molecular weight is 412 g/mol. The zero-order valence-electron chi connectivity index (χ0n) is 14.3. The summed E-state index contributed by atoms with van der Waals surface area (Å²) in [7, 11) is 0. The third kappa shape index (κ3) is 4.36. The van der Waals surface area contributed by atoms with Crippen LogP contribution in [0.3, 0.4) is 0 Å².